The number of benzene rings is 9. The largest absolute Gasteiger partial charge is 0.456 e. The molecule has 3 aliphatic heterocycles. The van der Waals surface area contributed by atoms with Gasteiger partial charge in [0.05, 0.1) is 0 Å². The van der Waals surface area contributed by atoms with Crippen LogP contribution in [0.2, 0.25) is 0 Å². The van der Waals surface area contributed by atoms with Crippen LogP contribution in [0.1, 0.15) is 50.1 Å². The summed E-state index contributed by atoms with van der Waals surface area (Å²) in [7, 11) is 0. The summed E-state index contributed by atoms with van der Waals surface area (Å²) in [5, 5.41) is 0. The lowest BCUT2D eigenvalue weighted by Gasteiger charge is -2.26. The molecule has 0 saturated heterocycles. The maximum absolute atomic E-state index is 14.6. The zero-order chi connectivity index (χ0) is 47.6. The summed E-state index contributed by atoms with van der Waals surface area (Å²) in [6, 6.07) is 49.2. The third-order valence-corrected chi connectivity index (χ3v) is 12.5. The van der Waals surface area contributed by atoms with Crippen LogP contribution in [0, 0.1) is 34.9 Å². The van der Waals surface area contributed by atoms with Crippen LogP contribution in [0.15, 0.2) is 182 Å². The number of hydrogen-bond donors (Lipinski definition) is 0. The Labute approximate surface area is 397 Å². The van der Waals surface area contributed by atoms with E-state index in [0.29, 0.717) is 33.4 Å². The van der Waals surface area contributed by atoms with E-state index in [1.807, 2.05) is 91.0 Å². The minimum Gasteiger partial charge on any atom is -0.456 e. The minimum absolute atomic E-state index is 0.249. The minimum atomic E-state index is -0.495. The normalized spacial score (nSPS) is 13.0. The topological polar surface area (TPSA) is 30.9 Å². The quantitative estimate of drug-likeness (QED) is 0.156. The molecule has 9 aromatic rings. The van der Waals surface area contributed by atoms with E-state index in [1.165, 1.54) is 72.8 Å². The molecule has 4 nitrogen and oxygen atoms in total. The zero-order valence-corrected chi connectivity index (χ0v) is 36.5. The molecule has 338 valence electrons. The summed E-state index contributed by atoms with van der Waals surface area (Å²) in [6.07, 6.45) is 5.68. The zero-order valence-electron chi connectivity index (χ0n) is 36.5. The summed E-state index contributed by atoms with van der Waals surface area (Å²) in [5.74, 6) is -1.40. The number of nitrogens with zero attached hydrogens (tertiary/aromatic N) is 1. The Morgan fingerprint density at radius 3 is 0.771 bits per heavy atom. The van der Waals surface area contributed by atoms with Gasteiger partial charge in [-0.05, 0) is 161 Å². The first-order valence-corrected chi connectivity index (χ1v) is 22.2. The van der Waals surface area contributed by atoms with Crippen LogP contribution in [0.3, 0.4) is 0 Å². The Kier molecular flexibility index (Phi) is 10.2. The van der Waals surface area contributed by atoms with Crippen LogP contribution >= 0.6 is 0 Å². The number of fused-ring (bicyclic) bond motifs is 6. The molecule has 0 N–H and O–H groups in total. The molecule has 0 aliphatic carbocycles. The van der Waals surface area contributed by atoms with Crippen LogP contribution < -0.4 is 19.1 Å². The Balaban J connectivity index is 0.970. The van der Waals surface area contributed by atoms with Crippen molar-refractivity contribution >= 4 is 52.0 Å². The molecule has 0 amide bonds. The number of halogens is 6. The second-order valence-corrected chi connectivity index (χ2v) is 16.9. The van der Waals surface area contributed by atoms with Gasteiger partial charge in [-0.2, -0.15) is 0 Å². The van der Waals surface area contributed by atoms with Gasteiger partial charge in [0.15, 0.2) is 0 Å². The third kappa shape index (κ3) is 7.84. The molecule has 0 radical (unpaired) electrons. The van der Waals surface area contributed by atoms with Gasteiger partial charge in [-0.1, -0.05) is 36.4 Å². The summed E-state index contributed by atoms with van der Waals surface area (Å²) in [4.78, 5) is 2.07. The van der Waals surface area contributed by atoms with Crippen molar-refractivity contribution in [1.29, 1.82) is 0 Å². The molecular formula is C60H33F6NO3. The standard InChI is InChI=1S/C60H33F6NO3/c61-40-10-1-37-25-52(49-22-13-43(64)31-58(49)68-55(37)28-40)34-4-16-46(17-5-34)67(47-18-6-35(7-19-47)53-26-38-2-11-41(62)29-56(38)69-59-32-44(65)14-23-50(53)59)48-20-8-36(9-21-48)54-27-39-3-12-42(63)30-57(39)70-60-33-45(66)15-24-51(54)60/h1-33H. The smallest absolute Gasteiger partial charge is 0.138 e. The highest BCUT2D eigenvalue weighted by atomic mass is 19.1. The average Bonchev–Trinajstić information content (AvgIpc) is 3.70. The predicted octanol–water partition coefficient (Wildman–Crippen LogP) is 17.1. The fourth-order valence-corrected chi connectivity index (χ4v) is 9.15. The molecular weight excluding hydrogens is 897 g/mol. The third-order valence-electron chi connectivity index (χ3n) is 12.5. The van der Waals surface area contributed by atoms with Gasteiger partial charge >= 0.3 is 0 Å². The van der Waals surface area contributed by atoms with E-state index in [-0.39, 0.29) is 34.5 Å². The van der Waals surface area contributed by atoms with E-state index < -0.39 is 34.9 Å². The molecule has 0 atom stereocenters. The number of hydrogen-bond acceptors (Lipinski definition) is 4. The van der Waals surface area contributed by atoms with Crippen LogP contribution in [-0.4, -0.2) is 0 Å². The SMILES string of the molecule is Fc1ccc2c(c1)Oc1cc(F)ccc1C(c1ccc(N(c3ccc(C4=Cc5ccc(F)cc5Oc5cc(F)ccc54)cc3)c3ccc(C4=Cc5ccc(F)cc5Oc5cc(F)ccc54)cc3)cc1)=C2. The van der Waals surface area contributed by atoms with Crippen molar-refractivity contribution in [3.8, 4) is 34.5 Å². The molecule has 0 saturated carbocycles. The van der Waals surface area contributed by atoms with Gasteiger partial charge in [0, 0.05) is 86.8 Å². The molecule has 0 spiro atoms. The van der Waals surface area contributed by atoms with Crippen molar-refractivity contribution < 1.29 is 40.6 Å². The van der Waals surface area contributed by atoms with E-state index >= 15 is 0 Å². The molecule has 70 heavy (non-hydrogen) atoms. The van der Waals surface area contributed by atoms with Crippen molar-refractivity contribution in [2.45, 2.75) is 0 Å². The van der Waals surface area contributed by atoms with Crippen molar-refractivity contribution in [2.24, 2.45) is 0 Å². The summed E-state index contributed by atoms with van der Waals surface area (Å²) >= 11 is 0. The lowest BCUT2D eigenvalue weighted by molar-refractivity contribution is 0.469. The van der Waals surface area contributed by atoms with Gasteiger partial charge in [-0.15, -0.1) is 0 Å². The predicted molar refractivity (Wildman–Crippen MR) is 261 cm³/mol. The first-order valence-electron chi connectivity index (χ1n) is 22.2. The monoisotopic (exact) mass is 929 g/mol. The van der Waals surface area contributed by atoms with Gasteiger partial charge < -0.3 is 19.1 Å². The molecule has 3 aliphatic rings. The van der Waals surface area contributed by atoms with E-state index in [9.17, 15) is 26.3 Å². The van der Waals surface area contributed by atoms with Crippen molar-refractivity contribution in [3.63, 3.8) is 0 Å². The fourth-order valence-electron chi connectivity index (χ4n) is 9.15. The molecule has 0 bridgehead atoms. The summed E-state index contributed by atoms with van der Waals surface area (Å²) in [6.45, 7) is 0. The second-order valence-electron chi connectivity index (χ2n) is 16.9. The van der Waals surface area contributed by atoms with Gasteiger partial charge in [0.25, 0.3) is 0 Å². The average molecular weight is 930 g/mol. The molecule has 0 unspecified atom stereocenters. The summed E-state index contributed by atoms with van der Waals surface area (Å²) in [5.41, 5.74) is 10.6. The first kappa shape index (κ1) is 42.3. The van der Waals surface area contributed by atoms with Gasteiger partial charge in [0.1, 0.15) is 69.4 Å². The van der Waals surface area contributed by atoms with E-state index in [2.05, 4.69) is 4.90 Å². The fraction of sp³-hybridized carbons (Fsp3) is 0. The highest BCUT2D eigenvalue weighted by molar-refractivity contribution is 5.98. The van der Waals surface area contributed by atoms with Crippen LogP contribution in [0.5, 0.6) is 34.5 Å². The van der Waals surface area contributed by atoms with Gasteiger partial charge in [-0.3, -0.25) is 0 Å². The highest BCUT2D eigenvalue weighted by Crippen LogP contribution is 2.46. The van der Waals surface area contributed by atoms with Crippen LogP contribution in [0.25, 0.3) is 34.9 Å². The van der Waals surface area contributed by atoms with Crippen LogP contribution in [0.4, 0.5) is 43.4 Å². The highest BCUT2D eigenvalue weighted by Gasteiger charge is 2.24. The maximum atomic E-state index is 14.6. The molecule has 0 aromatic heterocycles. The van der Waals surface area contributed by atoms with Crippen LogP contribution in [-0.2, 0) is 0 Å². The lowest BCUT2D eigenvalue weighted by atomic mass is 9.94. The molecule has 12 rings (SSSR count). The molecule has 10 heteroatoms. The maximum Gasteiger partial charge on any atom is 0.138 e. The Bertz CT molecular complexity index is 3310. The summed E-state index contributed by atoms with van der Waals surface area (Å²) < 4.78 is 105. The van der Waals surface area contributed by atoms with Crippen molar-refractivity contribution in [1.82, 2.24) is 0 Å². The van der Waals surface area contributed by atoms with Crippen molar-refractivity contribution in [2.75, 3.05) is 4.90 Å². The Morgan fingerprint density at radius 2 is 0.500 bits per heavy atom. The van der Waals surface area contributed by atoms with E-state index in [4.69, 9.17) is 14.2 Å². The molecule has 3 heterocycles. The number of anilines is 3. The number of rotatable bonds is 6. The molecule has 0 fully saturated rings. The van der Waals surface area contributed by atoms with Gasteiger partial charge in [0.2, 0.25) is 0 Å². The lowest BCUT2D eigenvalue weighted by Crippen LogP contribution is -2.10. The second kappa shape index (κ2) is 16.9. The van der Waals surface area contributed by atoms with Crippen molar-refractivity contribution in [3.05, 3.63) is 267 Å². The molecule has 9 aromatic carbocycles. The first-order chi connectivity index (χ1) is 34.1. The Hall–Kier alpha value is -9.02. The van der Waals surface area contributed by atoms with E-state index in [1.54, 1.807) is 36.4 Å². The Morgan fingerprint density at radius 1 is 0.257 bits per heavy atom. The van der Waals surface area contributed by atoms with Gasteiger partial charge in [-0.25, -0.2) is 26.3 Å². The van der Waals surface area contributed by atoms with E-state index in [0.717, 1.165) is 50.5 Å². The number of ether oxygens (including phenoxy) is 3.